The second kappa shape index (κ2) is 5.10. The Balaban J connectivity index is 2.83. The van der Waals surface area contributed by atoms with Crippen molar-refractivity contribution in [3.05, 3.63) is 11.6 Å². The van der Waals surface area contributed by atoms with Crippen LogP contribution < -0.4 is 11.1 Å². The molecule has 0 radical (unpaired) electrons. The first-order chi connectivity index (χ1) is 7.47. The molecule has 1 amide bonds. The van der Waals surface area contributed by atoms with Crippen LogP contribution in [-0.4, -0.2) is 42.5 Å². The van der Waals surface area contributed by atoms with Gasteiger partial charge in [-0.15, -0.1) is 0 Å². The number of amides is 1. The van der Waals surface area contributed by atoms with E-state index in [1.807, 2.05) is 19.9 Å². The van der Waals surface area contributed by atoms with Crippen LogP contribution in [0.3, 0.4) is 0 Å². The van der Waals surface area contributed by atoms with Crippen molar-refractivity contribution >= 4 is 5.91 Å². The highest BCUT2D eigenvalue weighted by molar-refractivity contribution is 5.96. The third-order valence-corrected chi connectivity index (χ3v) is 2.82. The van der Waals surface area contributed by atoms with Gasteiger partial charge in [0.15, 0.2) is 0 Å². The van der Waals surface area contributed by atoms with Gasteiger partial charge in [0, 0.05) is 31.7 Å². The minimum absolute atomic E-state index is 0.0310. The van der Waals surface area contributed by atoms with Crippen molar-refractivity contribution in [2.24, 2.45) is 5.73 Å². The van der Waals surface area contributed by atoms with Crippen LogP contribution in [0, 0.1) is 11.3 Å². The van der Waals surface area contributed by atoms with E-state index in [-0.39, 0.29) is 11.1 Å². The lowest BCUT2D eigenvalue weighted by Crippen LogP contribution is -2.52. The average Bonchev–Trinajstić information content (AvgIpc) is 2.27. The number of primary amides is 1. The van der Waals surface area contributed by atoms with Crippen LogP contribution in [0.4, 0.5) is 0 Å². The van der Waals surface area contributed by atoms with E-state index in [1.54, 1.807) is 6.08 Å². The van der Waals surface area contributed by atoms with E-state index >= 15 is 0 Å². The van der Waals surface area contributed by atoms with Gasteiger partial charge in [-0.25, -0.2) is 0 Å². The number of piperazine rings is 1. The highest BCUT2D eigenvalue weighted by Crippen LogP contribution is 2.18. The van der Waals surface area contributed by atoms with Gasteiger partial charge in [-0.2, -0.15) is 5.26 Å². The summed E-state index contributed by atoms with van der Waals surface area (Å²) in [5, 5.41) is 12.1. The highest BCUT2D eigenvalue weighted by atomic mass is 16.1. The SMILES string of the molecule is CC(C)(C=C(C#N)C(N)=O)N1CCNCC1. The Bertz CT molecular complexity index is 334. The molecule has 0 saturated carbocycles. The summed E-state index contributed by atoms with van der Waals surface area (Å²) < 4.78 is 0. The summed E-state index contributed by atoms with van der Waals surface area (Å²) in [5.74, 6) is -0.661. The van der Waals surface area contributed by atoms with Crippen LogP contribution >= 0.6 is 0 Å². The first kappa shape index (κ1) is 12.7. The van der Waals surface area contributed by atoms with Crippen LogP contribution in [0.15, 0.2) is 11.6 Å². The maximum absolute atomic E-state index is 11.0. The molecule has 0 aromatic carbocycles. The fraction of sp³-hybridized carbons (Fsp3) is 0.636. The molecule has 1 heterocycles. The number of nitrogens with two attached hydrogens (primary N) is 1. The Morgan fingerprint density at radius 1 is 1.50 bits per heavy atom. The number of hydrogen-bond donors (Lipinski definition) is 2. The van der Waals surface area contributed by atoms with Crippen molar-refractivity contribution in [1.29, 1.82) is 5.26 Å². The third-order valence-electron chi connectivity index (χ3n) is 2.82. The second-order valence-corrected chi connectivity index (χ2v) is 4.42. The van der Waals surface area contributed by atoms with Crippen molar-refractivity contribution in [3.63, 3.8) is 0 Å². The summed E-state index contributed by atoms with van der Waals surface area (Å²) >= 11 is 0. The summed E-state index contributed by atoms with van der Waals surface area (Å²) in [4.78, 5) is 13.2. The number of nitriles is 1. The summed E-state index contributed by atoms with van der Waals surface area (Å²) in [7, 11) is 0. The lowest BCUT2D eigenvalue weighted by molar-refractivity contribution is -0.114. The number of nitrogens with zero attached hydrogens (tertiary/aromatic N) is 2. The molecule has 0 bridgehead atoms. The van der Waals surface area contributed by atoms with E-state index in [4.69, 9.17) is 11.0 Å². The molecule has 0 aliphatic carbocycles. The zero-order chi connectivity index (χ0) is 12.2. The Morgan fingerprint density at radius 2 is 2.06 bits per heavy atom. The monoisotopic (exact) mass is 222 g/mol. The largest absolute Gasteiger partial charge is 0.365 e. The average molecular weight is 222 g/mol. The normalized spacial score (nSPS) is 19.2. The Morgan fingerprint density at radius 3 is 2.50 bits per heavy atom. The Labute approximate surface area is 95.9 Å². The van der Waals surface area contributed by atoms with E-state index in [0.717, 1.165) is 26.2 Å². The minimum Gasteiger partial charge on any atom is -0.365 e. The molecule has 1 saturated heterocycles. The van der Waals surface area contributed by atoms with Crippen LogP contribution in [-0.2, 0) is 4.79 Å². The smallest absolute Gasteiger partial charge is 0.259 e. The molecule has 1 rings (SSSR count). The van der Waals surface area contributed by atoms with Crippen LogP contribution in [0.25, 0.3) is 0 Å². The lowest BCUT2D eigenvalue weighted by atomic mass is 9.98. The topological polar surface area (TPSA) is 82.1 Å². The minimum atomic E-state index is -0.661. The van der Waals surface area contributed by atoms with Gasteiger partial charge < -0.3 is 11.1 Å². The number of rotatable bonds is 3. The van der Waals surface area contributed by atoms with E-state index in [2.05, 4.69) is 10.2 Å². The summed E-state index contributed by atoms with van der Waals surface area (Å²) in [6, 6.07) is 1.84. The van der Waals surface area contributed by atoms with Gasteiger partial charge in [-0.05, 0) is 19.9 Å². The van der Waals surface area contributed by atoms with Crippen molar-refractivity contribution in [3.8, 4) is 6.07 Å². The molecule has 0 spiro atoms. The van der Waals surface area contributed by atoms with Gasteiger partial charge in [0.1, 0.15) is 11.6 Å². The van der Waals surface area contributed by atoms with Crippen molar-refractivity contribution in [2.45, 2.75) is 19.4 Å². The van der Waals surface area contributed by atoms with Crippen molar-refractivity contribution in [2.75, 3.05) is 26.2 Å². The zero-order valence-corrected chi connectivity index (χ0v) is 9.79. The van der Waals surface area contributed by atoms with Gasteiger partial charge in [-0.1, -0.05) is 0 Å². The molecule has 16 heavy (non-hydrogen) atoms. The standard InChI is InChI=1S/C11H18N4O/c1-11(2,7-9(8-12)10(13)16)15-5-3-14-4-6-15/h7,14H,3-6H2,1-2H3,(H2,13,16). The van der Waals surface area contributed by atoms with Gasteiger partial charge >= 0.3 is 0 Å². The van der Waals surface area contributed by atoms with Crippen molar-refractivity contribution in [1.82, 2.24) is 10.2 Å². The molecule has 3 N–H and O–H groups in total. The second-order valence-electron chi connectivity index (χ2n) is 4.42. The van der Waals surface area contributed by atoms with Crippen LogP contribution in [0.1, 0.15) is 13.8 Å². The molecule has 88 valence electrons. The predicted octanol–water partition coefficient (Wildman–Crippen LogP) is -0.395. The number of carbonyl (C=O) groups is 1. The van der Waals surface area contributed by atoms with Crippen molar-refractivity contribution < 1.29 is 4.79 Å². The number of carbonyl (C=O) groups excluding carboxylic acids is 1. The molecule has 1 aliphatic heterocycles. The Kier molecular flexibility index (Phi) is 4.05. The lowest BCUT2D eigenvalue weighted by Gasteiger charge is -2.39. The van der Waals surface area contributed by atoms with Crippen LogP contribution in [0.2, 0.25) is 0 Å². The number of hydrogen-bond acceptors (Lipinski definition) is 4. The molecule has 1 aliphatic rings. The quantitative estimate of drug-likeness (QED) is 0.503. The molecular weight excluding hydrogens is 204 g/mol. The Hall–Kier alpha value is -1.38. The zero-order valence-electron chi connectivity index (χ0n) is 9.79. The maximum Gasteiger partial charge on any atom is 0.259 e. The molecule has 0 aromatic heterocycles. The fourth-order valence-corrected chi connectivity index (χ4v) is 1.84. The van der Waals surface area contributed by atoms with Gasteiger partial charge in [-0.3, -0.25) is 9.69 Å². The first-order valence-corrected chi connectivity index (χ1v) is 5.36. The summed E-state index contributed by atoms with van der Waals surface area (Å²) in [5.41, 5.74) is 4.84. The van der Waals surface area contributed by atoms with Gasteiger partial charge in [0.25, 0.3) is 5.91 Å². The maximum atomic E-state index is 11.0. The molecule has 0 atom stereocenters. The molecule has 1 fully saturated rings. The molecule has 0 aromatic rings. The van der Waals surface area contributed by atoms with E-state index in [0.29, 0.717) is 0 Å². The molecule has 5 nitrogen and oxygen atoms in total. The molecule has 0 unspecified atom stereocenters. The predicted molar refractivity (Wildman–Crippen MR) is 61.4 cm³/mol. The van der Waals surface area contributed by atoms with Crippen LogP contribution in [0.5, 0.6) is 0 Å². The van der Waals surface area contributed by atoms with Gasteiger partial charge in [0.05, 0.1) is 0 Å². The molecule has 5 heteroatoms. The first-order valence-electron chi connectivity index (χ1n) is 5.36. The fourth-order valence-electron chi connectivity index (χ4n) is 1.84. The summed E-state index contributed by atoms with van der Waals surface area (Å²) in [6.45, 7) is 7.63. The van der Waals surface area contributed by atoms with Gasteiger partial charge in [0.2, 0.25) is 0 Å². The highest BCUT2D eigenvalue weighted by Gasteiger charge is 2.27. The third kappa shape index (κ3) is 3.05. The summed E-state index contributed by atoms with van der Waals surface area (Å²) in [6.07, 6.45) is 1.65. The number of nitrogens with one attached hydrogen (secondary N) is 1. The van der Waals surface area contributed by atoms with E-state index in [1.165, 1.54) is 0 Å². The molecular formula is C11H18N4O. The van der Waals surface area contributed by atoms with E-state index < -0.39 is 5.91 Å². The van der Waals surface area contributed by atoms with E-state index in [9.17, 15) is 4.79 Å².